The molecule has 5 nitrogen and oxygen atoms in total. The number of aliphatic hydroxyl groups is 3. The van der Waals surface area contributed by atoms with Crippen molar-refractivity contribution < 1.29 is 24.9 Å². The second kappa shape index (κ2) is 14.2. The Morgan fingerprint density at radius 1 is 1.12 bits per heavy atom. The first-order valence-corrected chi connectivity index (χ1v) is 12.0. The van der Waals surface area contributed by atoms with E-state index in [0.29, 0.717) is 25.7 Å². The smallest absolute Gasteiger partial charge is 0.306 e. The van der Waals surface area contributed by atoms with E-state index in [-0.39, 0.29) is 23.9 Å². The van der Waals surface area contributed by atoms with Gasteiger partial charge in [0.05, 0.1) is 24.4 Å². The highest BCUT2D eigenvalue weighted by Gasteiger charge is 2.39. The number of unbranched alkanes of at least 4 members (excludes halogenated alkanes) is 1. The maximum atomic E-state index is 11.5. The van der Waals surface area contributed by atoms with E-state index in [1.165, 1.54) is 5.56 Å². The quantitative estimate of drug-likeness (QED) is 0.239. The molecule has 1 aliphatic carbocycles. The summed E-state index contributed by atoms with van der Waals surface area (Å²) in [6, 6.07) is 10.2. The predicted molar refractivity (Wildman–Crippen MR) is 127 cm³/mol. The van der Waals surface area contributed by atoms with Crippen molar-refractivity contribution >= 4 is 5.97 Å². The molecule has 1 aromatic carbocycles. The van der Waals surface area contributed by atoms with Crippen LogP contribution in [0.2, 0.25) is 0 Å². The fraction of sp³-hybridized carbons (Fsp3) is 0.593. The minimum absolute atomic E-state index is 0.0695. The molecule has 0 heterocycles. The van der Waals surface area contributed by atoms with E-state index in [4.69, 9.17) is 4.74 Å². The summed E-state index contributed by atoms with van der Waals surface area (Å²) in [5.74, 6) is -0.408. The van der Waals surface area contributed by atoms with Gasteiger partial charge in [0.2, 0.25) is 0 Å². The summed E-state index contributed by atoms with van der Waals surface area (Å²) in [5.41, 5.74) is 1.27. The van der Waals surface area contributed by atoms with E-state index in [1.807, 2.05) is 50.3 Å². The molecule has 0 aliphatic heterocycles. The Morgan fingerprint density at radius 2 is 1.88 bits per heavy atom. The molecule has 2 rings (SSSR count). The highest BCUT2D eigenvalue weighted by atomic mass is 16.5. The predicted octanol–water partition coefficient (Wildman–Crippen LogP) is 4.35. The second-order valence-corrected chi connectivity index (χ2v) is 9.08. The van der Waals surface area contributed by atoms with Gasteiger partial charge in [-0.2, -0.15) is 0 Å². The van der Waals surface area contributed by atoms with Gasteiger partial charge in [0.15, 0.2) is 0 Å². The first kappa shape index (κ1) is 26.3. The standard InChI is InChI=1S/C27H40O5/c1-20(2)32-27(31)16-9-4-3-8-15-23-24(26(30)19-25(23)29)18-17-22(28)14-10-13-21-11-6-5-7-12-21/h3,5-8,11-12,17-18,20,22-26,28-30H,4,9-10,13-16,19H2,1-2H3. The Labute approximate surface area is 192 Å². The number of ether oxygens (including phenoxy) is 1. The van der Waals surface area contributed by atoms with Crippen LogP contribution in [0.4, 0.5) is 0 Å². The molecule has 32 heavy (non-hydrogen) atoms. The number of hydrogen-bond donors (Lipinski definition) is 3. The van der Waals surface area contributed by atoms with Crippen molar-refractivity contribution in [1.29, 1.82) is 0 Å². The number of esters is 1. The monoisotopic (exact) mass is 444 g/mol. The maximum absolute atomic E-state index is 11.5. The van der Waals surface area contributed by atoms with Gasteiger partial charge in [-0.1, -0.05) is 54.6 Å². The third kappa shape index (κ3) is 9.68. The van der Waals surface area contributed by atoms with Gasteiger partial charge in [-0.05, 0) is 63.9 Å². The number of carbonyl (C=O) groups is 1. The Kier molecular flexibility index (Phi) is 11.7. The van der Waals surface area contributed by atoms with Gasteiger partial charge < -0.3 is 20.1 Å². The molecule has 0 radical (unpaired) electrons. The molecule has 1 aliphatic rings. The van der Waals surface area contributed by atoms with Crippen molar-refractivity contribution in [2.45, 2.75) is 89.6 Å². The summed E-state index contributed by atoms with van der Waals surface area (Å²) < 4.78 is 5.12. The van der Waals surface area contributed by atoms with Crippen LogP contribution in [-0.4, -0.2) is 45.7 Å². The fourth-order valence-electron chi connectivity index (χ4n) is 4.28. The largest absolute Gasteiger partial charge is 0.463 e. The number of aliphatic hydroxyl groups excluding tert-OH is 3. The second-order valence-electron chi connectivity index (χ2n) is 9.08. The van der Waals surface area contributed by atoms with Crippen molar-refractivity contribution in [1.82, 2.24) is 0 Å². The third-order valence-electron chi connectivity index (χ3n) is 5.97. The van der Waals surface area contributed by atoms with Crippen LogP contribution in [0.25, 0.3) is 0 Å². The van der Waals surface area contributed by atoms with Crippen LogP contribution in [0.15, 0.2) is 54.6 Å². The molecule has 5 unspecified atom stereocenters. The van der Waals surface area contributed by atoms with Gasteiger partial charge in [-0.25, -0.2) is 0 Å². The Balaban J connectivity index is 1.73. The van der Waals surface area contributed by atoms with Crippen LogP contribution >= 0.6 is 0 Å². The van der Waals surface area contributed by atoms with Crippen molar-refractivity contribution in [3.8, 4) is 0 Å². The van der Waals surface area contributed by atoms with E-state index < -0.39 is 18.3 Å². The normalized spacial score (nSPS) is 24.6. The molecule has 5 heteroatoms. The maximum Gasteiger partial charge on any atom is 0.306 e. The van der Waals surface area contributed by atoms with E-state index in [1.54, 1.807) is 6.08 Å². The number of carbonyl (C=O) groups excluding carboxylic acids is 1. The molecule has 0 bridgehead atoms. The Morgan fingerprint density at radius 3 is 2.59 bits per heavy atom. The van der Waals surface area contributed by atoms with Crippen LogP contribution in [0.1, 0.15) is 64.4 Å². The molecule has 1 fully saturated rings. The molecule has 5 atom stereocenters. The van der Waals surface area contributed by atoms with Crippen LogP contribution in [-0.2, 0) is 16.0 Å². The number of hydrogen-bond acceptors (Lipinski definition) is 5. The average molecular weight is 445 g/mol. The zero-order valence-corrected chi connectivity index (χ0v) is 19.5. The minimum atomic E-state index is -0.595. The lowest BCUT2D eigenvalue weighted by atomic mass is 9.89. The molecular formula is C27H40O5. The summed E-state index contributed by atoms with van der Waals surface area (Å²) in [6.07, 6.45) is 11.3. The molecule has 3 N–H and O–H groups in total. The zero-order valence-electron chi connectivity index (χ0n) is 19.5. The molecular weight excluding hydrogens is 404 g/mol. The van der Waals surface area contributed by atoms with E-state index in [2.05, 4.69) is 12.1 Å². The molecule has 1 saturated carbocycles. The minimum Gasteiger partial charge on any atom is -0.463 e. The van der Waals surface area contributed by atoms with Gasteiger partial charge in [-0.15, -0.1) is 0 Å². The molecule has 0 spiro atoms. The topological polar surface area (TPSA) is 87.0 Å². The lowest BCUT2D eigenvalue weighted by Gasteiger charge is -2.19. The summed E-state index contributed by atoms with van der Waals surface area (Å²) in [5, 5.41) is 31.1. The van der Waals surface area contributed by atoms with Crippen molar-refractivity contribution in [3.63, 3.8) is 0 Å². The number of rotatable bonds is 13. The summed E-state index contributed by atoms with van der Waals surface area (Å²) in [6.45, 7) is 3.68. The van der Waals surface area contributed by atoms with Gasteiger partial charge in [0.1, 0.15) is 0 Å². The molecule has 1 aromatic rings. The van der Waals surface area contributed by atoms with Crippen LogP contribution in [0.3, 0.4) is 0 Å². The molecule has 0 amide bonds. The Hall–Kier alpha value is -1.95. The summed E-state index contributed by atoms with van der Waals surface area (Å²) in [4.78, 5) is 11.5. The third-order valence-corrected chi connectivity index (χ3v) is 5.97. The number of benzene rings is 1. The fourth-order valence-corrected chi connectivity index (χ4v) is 4.28. The zero-order chi connectivity index (χ0) is 23.3. The highest BCUT2D eigenvalue weighted by Crippen LogP contribution is 2.36. The van der Waals surface area contributed by atoms with Crippen molar-refractivity contribution in [2.24, 2.45) is 11.8 Å². The van der Waals surface area contributed by atoms with E-state index >= 15 is 0 Å². The van der Waals surface area contributed by atoms with Crippen molar-refractivity contribution in [3.05, 3.63) is 60.2 Å². The van der Waals surface area contributed by atoms with Gasteiger partial charge in [0, 0.05) is 18.8 Å². The molecule has 0 saturated heterocycles. The summed E-state index contributed by atoms with van der Waals surface area (Å²) >= 11 is 0. The van der Waals surface area contributed by atoms with Crippen LogP contribution < -0.4 is 0 Å². The number of allylic oxidation sites excluding steroid dienone is 2. The SMILES string of the molecule is CC(C)OC(=O)CCCC=CCC1C(O)CC(O)C1C=CC(O)CCCc1ccccc1. The van der Waals surface area contributed by atoms with E-state index in [0.717, 1.165) is 25.7 Å². The van der Waals surface area contributed by atoms with Crippen molar-refractivity contribution in [2.75, 3.05) is 0 Å². The lowest BCUT2D eigenvalue weighted by molar-refractivity contribution is -0.147. The van der Waals surface area contributed by atoms with Gasteiger partial charge in [0.25, 0.3) is 0 Å². The van der Waals surface area contributed by atoms with Crippen LogP contribution in [0, 0.1) is 11.8 Å². The Bertz CT molecular complexity index is 712. The first-order valence-electron chi connectivity index (χ1n) is 12.0. The van der Waals surface area contributed by atoms with E-state index in [9.17, 15) is 20.1 Å². The lowest BCUT2D eigenvalue weighted by Crippen LogP contribution is -2.20. The van der Waals surface area contributed by atoms with Crippen LogP contribution in [0.5, 0.6) is 0 Å². The van der Waals surface area contributed by atoms with Gasteiger partial charge in [-0.3, -0.25) is 4.79 Å². The highest BCUT2D eigenvalue weighted by molar-refractivity contribution is 5.69. The average Bonchev–Trinajstić information content (AvgIpc) is 3.01. The summed E-state index contributed by atoms with van der Waals surface area (Å²) in [7, 11) is 0. The molecule has 178 valence electrons. The van der Waals surface area contributed by atoms with Gasteiger partial charge >= 0.3 is 5.97 Å². The first-order chi connectivity index (χ1) is 15.4. The molecule has 0 aromatic heterocycles. The number of aryl methyl sites for hydroxylation is 1.